The number of benzene rings is 1. The smallest absolute Gasteiger partial charge is 0.238 e. The number of nitrogens with one attached hydrogen (secondary N) is 1. The second-order valence-electron chi connectivity index (χ2n) is 3.60. The van der Waals surface area contributed by atoms with E-state index in [1.807, 2.05) is 0 Å². The fraction of sp³-hybridized carbons (Fsp3) is 0.333. The molecule has 1 unspecified atom stereocenters. The first-order valence-electron chi connectivity index (χ1n) is 4.60. The third-order valence-electron chi connectivity index (χ3n) is 2.42. The first-order valence-corrected chi connectivity index (χ1v) is 7.30. The molecule has 0 aromatic heterocycles. The van der Waals surface area contributed by atoms with Gasteiger partial charge in [0.25, 0.3) is 0 Å². The maximum Gasteiger partial charge on any atom is 0.238 e. The summed E-state index contributed by atoms with van der Waals surface area (Å²) < 4.78 is 22.3. The van der Waals surface area contributed by atoms with Gasteiger partial charge in [-0.1, -0.05) is 12.1 Å². The molecule has 7 heteroatoms. The summed E-state index contributed by atoms with van der Waals surface area (Å²) in [4.78, 5) is 0.0112. The fourth-order valence-electron chi connectivity index (χ4n) is 1.54. The van der Waals surface area contributed by atoms with Crippen LogP contribution >= 0.6 is 11.8 Å². The van der Waals surface area contributed by atoms with Crippen molar-refractivity contribution in [1.82, 2.24) is 5.32 Å². The quantitative estimate of drug-likeness (QED) is 0.683. The highest BCUT2D eigenvalue weighted by molar-refractivity contribution is 7.99. The van der Waals surface area contributed by atoms with E-state index < -0.39 is 15.7 Å². The largest absolute Gasteiger partial charge is 0.371 e. The third kappa shape index (κ3) is 2.23. The van der Waals surface area contributed by atoms with Crippen LogP contribution in [-0.4, -0.2) is 25.2 Å². The number of primary sulfonamides is 1. The summed E-state index contributed by atoms with van der Waals surface area (Å²) >= 11 is 1.55. The molecule has 1 aliphatic rings. The molecule has 1 saturated heterocycles. The Kier molecular flexibility index (Phi) is 2.97. The van der Waals surface area contributed by atoms with E-state index in [-0.39, 0.29) is 4.90 Å². The Morgan fingerprint density at radius 3 is 2.81 bits per heavy atom. The van der Waals surface area contributed by atoms with Gasteiger partial charge in [0.15, 0.2) is 5.72 Å². The highest BCUT2D eigenvalue weighted by Gasteiger charge is 2.33. The molecule has 88 valence electrons. The first-order chi connectivity index (χ1) is 7.42. The lowest BCUT2D eigenvalue weighted by Crippen LogP contribution is -2.38. The van der Waals surface area contributed by atoms with Gasteiger partial charge in [0.05, 0.1) is 4.90 Å². The molecule has 2 rings (SSSR count). The minimum atomic E-state index is -3.73. The SMILES string of the molecule is NS(=O)(=O)c1cccc(C2(O)CSCN2)c1. The highest BCUT2D eigenvalue weighted by Crippen LogP contribution is 2.29. The van der Waals surface area contributed by atoms with Crippen molar-refractivity contribution in [3.63, 3.8) is 0 Å². The van der Waals surface area contributed by atoms with Gasteiger partial charge in [0.2, 0.25) is 10.0 Å². The van der Waals surface area contributed by atoms with Crippen LogP contribution in [0.15, 0.2) is 29.2 Å². The molecule has 1 atom stereocenters. The van der Waals surface area contributed by atoms with E-state index in [9.17, 15) is 13.5 Å². The Labute approximate surface area is 98.1 Å². The minimum Gasteiger partial charge on any atom is -0.371 e. The van der Waals surface area contributed by atoms with Gasteiger partial charge in [-0.05, 0) is 12.1 Å². The van der Waals surface area contributed by atoms with Crippen LogP contribution < -0.4 is 10.5 Å². The Bertz CT molecular complexity index is 495. The van der Waals surface area contributed by atoms with Crippen molar-refractivity contribution in [2.45, 2.75) is 10.6 Å². The van der Waals surface area contributed by atoms with Gasteiger partial charge in [0, 0.05) is 17.2 Å². The van der Waals surface area contributed by atoms with Gasteiger partial charge >= 0.3 is 0 Å². The number of hydrogen-bond donors (Lipinski definition) is 3. The molecule has 5 nitrogen and oxygen atoms in total. The molecule has 4 N–H and O–H groups in total. The Morgan fingerprint density at radius 2 is 2.25 bits per heavy atom. The van der Waals surface area contributed by atoms with E-state index in [2.05, 4.69) is 5.32 Å². The second-order valence-corrected chi connectivity index (χ2v) is 6.15. The normalized spacial score (nSPS) is 25.9. The molecule has 0 spiro atoms. The van der Waals surface area contributed by atoms with Crippen molar-refractivity contribution in [2.75, 3.05) is 11.6 Å². The fourth-order valence-corrected chi connectivity index (χ4v) is 3.10. The van der Waals surface area contributed by atoms with E-state index in [4.69, 9.17) is 5.14 Å². The minimum absolute atomic E-state index is 0.0112. The molecule has 0 aliphatic carbocycles. The third-order valence-corrected chi connectivity index (χ3v) is 4.30. The van der Waals surface area contributed by atoms with Crippen molar-refractivity contribution in [2.24, 2.45) is 5.14 Å². The van der Waals surface area contributed by atoms with Crippen LogP contribution in [0.4, 0.5) is 0 Å². The van der Waals surface area contributed by atoms with Gasteiger partial charge in [-0.2, -0.15) is 0 Å². The molecule has 16 heavy (non-hydrogen) atoms. The Balaban J connectivity index is 2.44. The number of nitrogens with two attached hydrogens (primary N) is 1. The van der Waals surface area contributed by atoms with Crippen LogP contribution in [-0.2, 0) is 15.7 Å². The summed E-state index contributed by atoms with van der Waals surface area (Å²) in [6.45, 7) is 0. The van der Waals surface area contributed by atoms with Gasteiger partial charge in [-0.15, -0.1) is 11.8 Å². The van der Waals surface area contributed by atoms with E-state index in [1.165, 1.54) is 12.1 Å². The van der Waals surface area contributed by atoms with E-state index >= 15 is 0 Å². The predicted molar refractivity (Wildman–Crippen MR) is 62.2 cm³/mol. The van der Waals surface area contributed by atoms with Gasteiger partial charge in [-0.25, -0.2) is 13.6 Å². The zero-order valence-electron chi connectivity index (χ0n) is 8.38. The molecule has 1 aromatic rings. The monoisotopic (exact) mass is 260 g/mol. The predicted octanol–water partition coefficient (Wildman–Crippen LogP) is -0.227. The first kappa shape index (κ1) is 11.9. The molecular formula is C9H12N2O3S2. The average molecular weight is 260 g/mol. The molecular weight excluding hydrogens is 248 g/mol. The summed E-state index contributed by atoms with van der Waals surface area (Å²) in [6, 6.07) is 6.05. The number of hydrogen-bond acceptors (Lipinski definition) is 5. The van der Waals surface area contributed by atoms with Crippen molar-refractivity contribution in [3.8, 4) is 0 Å². The van der Waals surface area contributed by atoms with Crippen molar-refractivity contribution in [1.29, 1.82) is 0 Å². The molecule has 0 saturated carbocycles. The Hall–Kier alpha value is -0.600. The number of thioether (sulfide) groups is 1. The molecule has 1 fully saturated rings. The zero-order valence-corrected chi connectivity index (χ0v) is 10.0. The second kappa shape index (κ2) is 4.01. The van der Waals surface area contributed by atoms with Gasteiger partial charge in [0.1, 0.15) is 0 Å². The van der Waals surface area contributed by atoms with E-state index in [0.717, 1.165) is 0 Å². The summed E-state index contributed by atoms with van der Waals surface area (Å²) in [5.41, 5.74) is -0.644. The molecule has 0 radical (unpaired) electrons. The lowest BCUT2D eigenvalue weighted by molar-refractivity contribution is 0.0383. The van der Waals surface area contributed by atoms with Crippen molar-refractivity contribution >= 4 is 21.8 Å². The standard InChI is InChI=1S/C9H12N2O3S2/c10-16(13,14)8-3-1-2-7(4-8)9(12)5-15-6-11-9/h1-4,11-12H,5-6H2,(H2,10,13,14). The summed E-state index contributed by atoms with van der Waals surface area (Å²) in [6.07, 6.45) is 0. The lowest BCUT2D eigenvalue weighted by Gasteiger charge is -2.22. The highest BCUT2D eigenvalue weighted by atomic mass is 32.2. The molecule has 0 amide bonds. The maximum atomic E-state index is 11.2. The Morgan fingerprint density at radius 1 is 1.50 bits per heavy atom. The number of sulfonamides is 1. The molecule has 1 aromatic carbocycles. The molecule has 1 aliphatic heterocycles. The van der Waals surface area contributed by atoms with Crippen LogP contribution in [0.1, 0.15) is 5.56 Å². The molecule has 0 bridgehead atoms. The van der Waals surface area contributed by atoms with Crippen LogP contribution in [0.25, 0.3) is 0 Å². The van der Waals surface area contributed by atoms with Gasteiger partial charge < -0.3 is 5.11 Å². The van der Waals surface area contributed by atoms with Crippen LogP contribution in [0.3, 0.4) is 0 Å². The maximum absolute atomic E-state index is 11.2. The van der Waals surface area contributed by atoms with Crippen molar-refractivity contribution < 1.29 is 13.5 Å². The lowest BCUT2D eigenvalue weighted by atomic mass is 10.1. The van der Waals surface area contributed by atoms with E-state index in [0.29, 0.717) is 17.2 Å². The van der Waals surface area contributed by atoms with E-state index in [1.54, 1.807) is 23.9 Å². The number of rotatable bonds is 2. The van der Waals surface area contributed by atoms with Crippen LogP contribution in [0.5, 0.6) is 0 Å². The van der Waals surface area contributed by atoms with Gasteiger partial charge in [-0.3, -0.25) is 5.32 Å². The summed E-state index contributed by atoms with van der Waals surface area (Å²) in [7, 11) is -3.73. The van der Waals surface area contributed by atoms with Crippen LogP contribution in [0, 0.1) is 0 Å². The average Bonchev–Trinajstić information content (AvgIpc) is 2.66. The molecule has 1 heterocycles. The summed E-state index contributed by atoms with van der Waals surface area (Å²) in [5.74, 6) is 1.12. The zero-order chi connectivity index (χ0) is 11.8. The van der Waals surface area contributed by atoms with Crippen LogP contribution in [0.2, 0.25) is 0 Å². The van der Waals surface area contributed by atoms with Crippen molar-refractivity contribution in [3.05, 3.63) is 29.8 Å². The summed E-state index contributed by atoms with van der Waals surface area (Å²) in [5, 5.41) is 18.1. The number of aliphatic hydroxyl groups is 1. The topological polar surface area (TPSA) is 92.4 Å².